The SMILES string of the molecule is Cc1ccc2c(c1)N(C)C(CC(=O)O)C(=O)N2C. The molecule has 1 aliphatic rings. The van der Waals surface area contributed by atoms with E-state index in [9.17, 15) is 9.59 Å². The lowest BCUT2D eigenvalue weighted by Crippen LogP contribution is -2.51. The van der Waals surface area contributed by atoms with Gasteiger partial charge in [0.1, 0.15) is 6.04 Å². The highest BCUT2D eigenvalue weighted by molar-refractivity contribution is 6.06. The molecule has 1 unspecified atom stereocenters. The maximum atomic E-state index is 12.1. The number of aliphatic carboxylic acids is 1. The summed E-state index contributed by atoms with van der Waals surface area (Å²) in [6.07, 6.45) is -0.187. The number of hydrogen-bond acceptors (Lipinski definition) is 3. The summed E-state index contributed by atoms with van der Waals surface area (Å²) in [7, 11) is 3.44. The fourth-order valence-electron chi connectivity index (χ4n) is 2.27. The minimum atomic E-state index is -0.968. The Hall–Kier alpha value is -2.04. The third kappa shape index (κ3) is 1.92. The summed E-state index contributed by atoms with van der Waals surface area (Å²) in [5.41, 5.74) is 2.79. The molecule has 0 saturated heterocycles. The number of anilines is 2. The van der Waals surface area contributed by atoms with Crippen LogP contribution in [0.1, 0.15) is 12.0 Å². The van der Waals surface area contributed by atoms with Crippen molar-refractivity contribution in [1.82, 2.24) is 0 Å². The van der Waals surface area contributed by atoms with Crippen LogP contribution in [0.25, 0.3) is 0 Å². The molecule has 1 N–H and O–H groups in total. The molecule has 0 bridgehead atoms. The fourth-order valence-corrected chi connectivity index (χ4v) is 2.27. The highest BCUT2D eigenvalue weighted by atomic mass is 16.4. The predicted octanol–water partition coefficient (Wildman–Crippen LogP) is 1.25. The van der Waals surface area contributed by atoms with Gasteiger partial charge in [-0.1, -0.05) is 6.07 Å². The second kappa shape index (κ2) is 4.33. The molecule has 0 saturated carbocycles. The second-order valence-corrected chi connectivity index (χ2v) is 4.61. The monoisotopic (exact) mass is 248 g/mol. The van der Waals surface area contributed by atoms with Crippen molar-refractivity contribution in [3.8, 4) is 0 Å². The maximum absolute atomic E-state index is 12.1. The summed E-state index contributed by atoms with van der Waals surface area (Å²) >= 11 is 0. The van der Waals surface area contributed by atoms with Gasteiger partial charge in [-0.25, -0.2) is 0 Å². The Morgan fingerprint density at radius 3 is 2.61 bits per heavy atom. The van der Waals surface area contributed by atoms with Gasteiger partial charge in [-0.3, -0.25) is 9.59 Å². The van der Waals surface area contributed by atoms with E-state index in [-0.39, 0.29) is 12.3 Å². The van der Waals surface area contributed by atoms with E-state index in [2.05, 4.69) is 0 Å². The van der Waals surface area contributed by atoms with E-state index < -0.39 is 12.0 Å². The van der Waals surface area contributed by atoms with Gasteiger partial charge in [-0.15, -0.1) is 0 Å². The molecule has 1 heterocycles. The number of amides is 1. The van der Waals surface area contributed by atoms with Crippen molar-refractivity contribution in [2.75, 3.05) is 23.9 Å². The topological polar surface area (TPSA) is 60.9 Å². The van der Waals surface area contributed by atoms with Crippen molar-refractivity contribution in [3.63, 3.8) is 0 Å². The lowest BCUT2D eigenvalue weighted by Gasteiger charge is -2.39. The van der Waals surface area contributed by atoms with Crippen LogP contribution in [0.15, 0.2) is 18.2 Å². The average molecular weight is 248 g/mol. The molecule has 5 nitrogen and oxygen atoms in total. The van der Waals surface area contributed by atoms with Crippen molar-refractivity contribution >= 4 is 23.3 Å². The number of hydrogen-bond donors (Lipinski definition) is 1. The third-order valence-corrected chi connectivity index (χ3v) is 3.32. The molecule has 1 amide bonds. The van der Waals surface area contributed by atoms with Crippen molar-refractivity contribution in [2.45, 2.75) is 19.4 Å². The Balaban J connectivity index is 2.47. The number of aryl methyl sites for hydroxylation is 1. The number of carbonyl (C=O) groups is 2. The number of rotatable bonds is 2. The first-order chi connectivity index (χ1) is 8.41. The number of carboxylic acids is 1. The maximum Gasteiger partial charge on any atom is 0.305 e. The normalized spacial score (nSPS) is 18.8. The first-order valence-corrected chi connectivity index (χ1v) is 5.74. The number of likely N-dealkylation sites (N-methyl/N-ethyl adjacent to an activating group) is 2. The van der Waals surface area contributed by atoms with Crippen molar-refractivity contribution in [1.29, 1.82) is 0 Å². The van der Waals surface area contributed by atoms with E-state index in [1.807, 2.05) is 25.1 Å². The highest BCUT2D eigenvalue weighted by Crippen LogP contribution is 2.35. The lowest BCUT2D eigenvalue weighted by atomic mass is 10.0. The quantitative estimate of drug-likeness (QED) is 0.855. The minimum absolute atomic E-state index is 0.184. The van der Waals surface area contributed by atoms with E-state index in [1.165, 1.54) is 4.90 Å². The molecule has 2 rings (SSSR count). The van der Waals surface area contributed by atoms with E-state index in [0.717, 1.165) is 16.9 Å². The van der Waals surface area contributed by atoms with Gasteiger partial charge in [0, 0.05) is 14.1 Å². The fraction of sp³-hybridized carbons (Fsp3) is 0.385. The molecule has 0 aromatic heterocycles. The Kier molecular flexibility index (Phi) is 2.98. The van der Waals surface area contributed by atoms with Crippen LogP contribution < -0.4 is 9.80 Å². The van der Waals surface area contributed by atoms with Gasteiger partial charge in [-0.05, 0) is 24.6 Å². The van der Waals surface area contributed by atoms with E-state index in [1.54, 1.807) is 19.0 Å². The second-order valence-electron chi connectivity index (χ2n) is 4.61. The molecule has 96 valence electrons. The molecule has 5 heteroatoms. The van der Waals surface area contributed by atoms with Crippen molar-refractivity contribution in [3.05, 3.63) is 23.8 Å². The van der Waals surface area contributed by atoms with Gasteiger partial charge in [0.2, 0.25) is 5.91 Å². The van der Waals surface area contributed by atoms with Gasteiger partial charge in [0.15, 0.2) is 0 Å². The standard InChI is InChI=1S/C13H16N2O3/c1-8-4-5-9-10(6-8)14(2)11(7-12(16)17)13(18)15(9)3/h4-6,11H,7H2,1-3H3,(H,16,17). The number of carbonyl (C=O) groups excluding carboxylic acids is 1. The Morgan fingerprint density at radius 2 is 2.00 bits per heavy atom. The molecule has 0 fully saturated rings. The van der Waals surface area contributed by atoms with Gasteiger partial charge in [-0.2, -0.15) is 0 Å². The van der Waals surface area contributed by atoms with E-state index in [4.69, 9.17) is 5.11 Å². The molecule has 1 aromatic rings. The molecule has 0 radical (unpaired) electrons. The molecule has 1 atom stereocenters. The Labute approximate surface area is 106 Å². The van der Waals surface area contributed by atoms with Crippen molar-refractivity contribution < 1.29 is 14.7 Å². The van der Waals surface area contributed by atoms with Gasteiger partial charge in [0.05, 0.1) is 17.8 Å². The summed E-state index contributed by atoms with van der Waals surface area (Å²) < 4.78 is 0. The van der Waals surface area contributed by atoms with Crippen LogP contribution in [0.5, 0.6) is 0 Å². The molecular formula is C13H16N2O3. The zero-order valence-corrected chi connectivity index (χ0v) is 10.7. The zero-order valence-electron chi connectivity index (χ0n) is 10.7. The minimum Gasteiger partial charge on any atom is -0.481 e. The van der Waals surface area contributed by atoms with Crippen molar-refractivity contribution in [2.24, 2.45) is 0 Å². The highest BCUT2D eigenvalue weighted by Gasteiger charge is 2.35. The van der Waals surface area contributed by atoms with Crippen LogP contribution in [0.2, 0.25) is 0 Å². The lowest BCUT2D eigenvalue weighted by molar-refractivity contribution is -0.139. The van der Waals surface area contributed by atoms with Gasteiger partial charge >= 0.3 is 5.97 Å². The summed E-state index contributed by atoms with van der Waals surface area (Å²) in [5.74, 6) is -1.15. The molecule has 1 aromatic carbocycles. The Bertz CT molecular complexity index is 513. The first kappa shape index (κ1) is 12.4. The van der Waals surface area contributed by atoms with Crippen LogP contribution in [-0.2, 0) is 9.59 Å². The van der Waals surface area contributed by atoms with Crippen LogP contribution in [0.4, 0.5) is 11.4 Å². The summed E-state index contributed by atoms with van der Waals surface area (Å²) in [6, 6.07) is 5.15. The molecule has 18 heavy (non-hydrogen) atoms. The number of carboxylic acid groups (broad SMARTS) is 1. The van der Waals surface area contributed by atoms with Crippen LogP contribution in [0, 0.1) is 6.92 Å². The predicted molar refractivity (Wildman–Crippen MR) is 69.0 cm³/mol. The van der Waals surface area contributed by atoms with E-state index in [0.29, 0.717) is 0 Å². The number of benzene rings is 1. The van der Waals surface area contributed by atoms with Crippen LogP contribution in [-0.4, -0.2) is 37.1 Å². The van der Waals surface area contributed by atoms with Gasteiger partial charge in [0.25, 0.3) is 0 Å². The smallest absolute Gasteiger partial charge is 0.305 e. The molecule has 1 aliphatic heterocycles. The van der Waals surface area contributed by atoms with E-state index >= 15 is 0 Å². The number of nitrogens with zero attached hydrogens (tertiary/aromatic N) is 2. The summed E-state index contributed by atoms with van der Waals surface area (Å²) in [6.45, 7) is 1.97. The summed E-state index contributed by atoms with van der Waals surface area (Å²) in [5, 5.41) is 8.89. The zero-order chi connectivity index (χ0) is 13.4. The summed E-state index contributed by atoms with van der Waals surface area (Å²) in [4.78, 5) is 26.3. The van der Waals surface area contributed by atoms with Crippen LogP contribution >= 0.6 is 0 Å². The molecular weight excluding hydrogens is 232 g/mol. The Morgan fingerprint density at radius 1 is 1.33 bits per heavy atom. The van der Waals surface area contributed by atoms with Crippen LogP contribution in [0.3, 0.4) is 0 Å². The molecule has 0 aliphatic carbocycles. The first-order valence-electron chi connectivity index (χ1n) is 5.74. The largest absolute Gasteiger partial charge is 0.481 e. The third-order valence-electron chi connectivity index (χ3n) is 3.32. The average Bonchev–Trinajstić information content (AvgIpc) is 2.31. The number of fused-ring (bicyclic) bond motifs is 1. The molecule has 0 spiro atoms. The van der Waals surface area contributed by atoms with Gasteiger partial charge < -0.3 is 14.9 Å².